The molecular formula is C12H15F3O. The first-order chi connectivity index (χ1) is 7.47. The first kappa shape index (κ1) is 13.0. The van der Waals surface area contributed by atoms with Crippen LogP contribution in [0.15, 0.2) is 24.3 Å². The Morgan fingerprint density at radius 1 is 1.31 bits per heavy atom. The Kier molecular flexibility index (Phi) is 4.35. The zero-order valence-electron chi connectivity index (χ0n) is 9.09. The van der Waals surface area contributed by atoms with Gasteiger partial charge in [0.15, 0.2) is 0 Å². The van der Waals surface area contributed by atoms with Gasteiger partial charge in [0.2, 0.25) is 0 Å². The Hall–Kier alpha value is -1.03. The van der Waals surface area contributed by atoms with Crippen molar-refractivity contribution in [2.75, 3.05) is 6.61 Å². The van der Waals surface area contributed by atoms with E-state index in [2.05, 4.69) is 0 Å². The highest BCUT2D eigenvalue weighted by Crippen LogP contribution is 2.30. The van der Waals surface area contributed by atoms with Crippen LogP contribution in [0.25, 0.3) is 0 Å². The number of benzene rings is 1. The van der Waals surface area contributed by atoms with Crippen LogP contribution in [-0.4, -0.2) is 11.7 Å². The lowest BCUT2D eigenvalue weighted by molar-refractivity contribution is -0.137. The number of hydrogen-bond acceptors (Lipinski definition) is 1. The quantitative estimate of drug-likeness (QED) is 0.844. The predicted molar refractivity (Wildman–Crippen MR) is 56.0 cm³/mol. The SMILES string of the molecule is CCC(CO)Cc1cccc(C(F)(F)F)c1. The highest BCUT2D eigenvalue weighted by molar-refractivity contribution is 5.25. The summed E-state index contributed by atoms with van der Waals surface area (Å²) >= 11 is 0. The Bertz CT molecular complexity index is 329. The lowest BCUT2D eigenvalue weighted by Crippen LogP contribution is -2.10. The molecule has 4 heteroatoms. The molecule has 0 aromatic heterocycles. The first-order valence-corrected chi connectivity index (χ1v) is 5.24. The molecule has 1 aromatic rings. The number of aliphatic hydroxyl groups excluding tert-OH is 1. The zero-order chi connectivity index (χ0) is 12.2. The van der Waals surface area contributed by atoms with E-state index in [1.54, 1.807) is 6.07 Å². The second kappa shape index (κ2) is 5.34. The highest BCUT2D eigenvalue weighted by atomic mass is 19.4. The van der Waals surface area contributed by atoms with Crippen molar-refractivity contribution < 1.29 is 18.3 Å². The summed E-state index contributed by atoms with van der Waals surface area (Å²) in [5.41, 5.74) is -0.00600. The minimum absolute atomic E-state index is 0.00669. The van der Waals surface area contributed by atoms with Crippen molar-refractivity contribution >= 4 is 0 Å². The molecule has 1 N–H and O–H groups in total. The molecule has 90 valence electrons. The molecule has 0 bridgehead atoms. The van der Waals surface area contributed by atoms with Crippen molar-refractivity contribution in [3.05, 3.63) is 35.4 Å². The Balaban J connectivity index is 2.82. The second-order valence-corrected chi connectivity index (χ2v) is 3.86. The van der Waals surface area contributed by atoms with E-state index in [1.165, 1.54) is 6.07 Å². The van der Waals surface area contributed by atoms with Gasteiger partial charge in [-0.3, -0.25) is 0 Å². The molecule has 0 saturated carbocycles. The fourth-order valence-electron chi connectivity index (χ4n) is 1.55. The van der Waals surface area contributed by atoms with Crippen LogP contribution < -0.4 is 0 Å². The minimum Gasteiger partial charge on any atom is -0.396 e. The molecule has 1 nitrogen and oxygen atoms in total. The normalized spacial score (nSPS) is 13.8. The van der Waals surface area contributed by atoms with Gasteiger partial charge in [0, 0.05) is 6.61 Å². The lowest BCUT2D eigenvalue weighted by Gasteiger charge is -2.13. The Morgan fingerprint density at radius 3 is 2.50 bits per heavy atom. The third-order valence-electron chi connectivity index (χ3n) is 2.61. The zero-order valence-corrected chi connectivity index (χ0v) is 9.09. The molecule has 0 fully saturated rings. The average Bonchev–Trinajstić information content (AvgIpc) is 2.25. The number of rotatable bonds is 4. The van der Waals surface area contributed by atoms with Gasteiger partial charge in [-0.25, -0.2) is 0 Å². The van der Waals surface area contributed by atoms with Gasteiger partial charge in [-0.15, -0.1) is 0 Å². The van der Waals surface area contributed by atoms with Crippen LogP contribution in [-0.2, 0) is 12.6 Å². The van der Waals surface area contributed by atoms with Crippen molar-refractivity contribution in [3.63, 3.8) is 0 Å². The average molecular weight is 232 g/mol. The van der Waals surface area contributed by atoms with Crippen LogP contribution in [0.3, 0.4) is 0 Å². The molecule has 0 amide bonds. The van der Waals surface area contributed by atoms with E-state index < -0.39 is 11.7 Å². The van der Waals surface area contributed by atoms with Crippen LogP contribution in [0, 0.1) is 5.92 Å². The van der Waals surface area contributed by atoms with Gasteiger partial charge >= 0.3 is 6.18 Å². The maximum Gasteiger partial charge on any atom is 0.416 e. The summed E-state index contributed by atoms with van der Waals surface area (Å²) in [6, 6.07) is 5.28. The number of halogens is 3. The molecule has 1 unspecified atom stereocenters. The molecule has 0 aliphatic carbocycles. The van der Waals surface area contributed by atoms with Gasteiger partial charge in [-0.1, -0.05) is 31.5 Å². The molecule has 0 aliphatic rings. The van der Waals surface area contributed by atoms with E-state index in [4.69, 9.17) is 5.11 Å². The minimum atomic E-state index is -4.29. The molecule has 0 radical (unpaired) electrons. The highest BCUT2D eigenvalue weighted by Gasteiger charge is 2.30. The summed E-state index contributed by atoms with van der Waals surface area (Å²) in [5, 5.41) is 8.99. The first-order valence-electron chi connectivity index (χ1n) is 5.24. The molecule has 16 heavy (non-hydrogen) atoms. The van der Waals surface area contributed by atoms with E-state index in [9.17, 15) is 13.2 Å². The second-order valence-electron chi connectivity index (χ2n) is 3.86. The smallest absolute Gasteiger partial charge is 0.396 e. The molecule has 0 saturated heterocycles. The van der Waals surface area contributed by atoms with Crippen molar-refractivity contribution in [1.29, 1.82) is 0 Å². The fraction of sp³-hybridized carbons (Fsp3) is 0.500. The Labute approximate surface area is 92.9 Å². The number of alkyl halides is 3. The van der Waals surface area contributed by atoms with E-state index in [0.29, 0.717) is 12.0 Å². The molecule has 0 spiro atoms. The summed E-state index contributed by atoms with van der Waals surface area (Å²) < 4.78 is 37.3. The van der Waals surface area contributed by atoms with Crippen molar-refractivity contribution in [2.24, 2.45) is 5.92 Å². The van der Waals surface area contributed by atoms with Gasteiger partial charge in [0.1, 0.15) is 0 Å². The van der Waals surface area contributed by atoms with Crippen LogP contribution in [0.2, 0.25) is 0 Å². The van der Waals surface area contributed by atoms with E-state index in [1.807, 2.05) is 6.92 Å². The predicted octanol–water partition coefficient (Wildman–Crippen LogP) is 3.27. The molecule has 1 aromatic carbocycles. The fourth-order valence-corrected chi connectivity index (χ4v) is 1.55. The van der Waals surface area contributed by atoms with E-state index in [-0.39, 0.29) is 12.5 Å². The number of hydrogen-bond donors (Lipinski definition) is 1. The standard InChI is InChI=1S/C12H15F3O/c1-2-9(8-16)6-10-4-3-5-11(7-10)12(13,14)15/h3-5,7,9,16H,2,6,8H2,1H3. The molecule has 0 aliphatic heterocycles. The van der Waals surface area contributed by atoms with Gasteiger partial charge < -0.3 is 5.11 Å². The van der Waals surface area contributed by atoms with Gasteiger partial charge in [0.05, 0.1) is 5.56 Å². The van der Waals surface area contributed by atoms with Crippen molar-refractivity contribution in [3.8, 4) is 0 Å². The monoisotopic (exact) mass is 232 g/mol. The topological polar surface area (TPSA) is 20.2 Å². The molecular weight excluding hydrogens is 217 g/mol. The summed E-state index contributed by atoms with van der Waals surface area (Å²) in [6.45, 7) is 1.92. The van der Waals surface area contributed by atoms with Crippen LogP contribution in [0.1, 0.15) is 24.5 Å². The van der Waals surface area contributed by atoms with Crippen LogP contribution in [0.4, 0.5) is 13.2 Å². The molecule has 0 heterocycles. The lowest BCUT2D eigenvalue weighted by atomic mass is 9.96. The third kappa shape index (κ3) is 3.52. The maximum atomic E-state index is 12.4. The third-order valence-corrected chi connectivity index (χ3v) is 2.61. The number of aliphatic hydroxyl groups is 1. The summed E-state index contributed by atoms with van der Waals surface area (Å²) in [7, 11) is 0. The molecule has 1 atom stereocenters. The van der Waals surface area contributed by atoms with Crippen molar-refractivity contribution in [2.45, 2.75) is 25.9 Å². The van der Waals surface area contributed by atoms with E-state index in [0.717, 1.165) is 18.6 Å². The van der Waals surface area contributed by atoms with Crippen molar-refractivity contribution in [1.82, 2.24) is 0 Å². The summed E-state index contributed by atoms with van der Waals surface area (Å²) in [4.78, 5) is 0. The van der Waals surface area contributed by atoms with E-state index >= 15 is 0 Å². The maximum absolute atomic E-state index is 12.4. The summed E-state index contributed by atoms with van der Waals surface area (Å²) in [5.74, 6) is 0.0310. The Morgan fingerprint density at radius 2 is 2.00 bits per heavy atom. The summed E-state index contributed by atoms with van der Waals surface area (Å²) in [6.07, 6.45) is -3.05. The van der Waals surface area contributed by atoms with Crippen LogP contribution in [0.5, 0.6) is 0 Å². The van der Waals surface area contributed by atoms with Crippen LogP contribution >= 0.6 is 0 Å². The van der Waals surface area contributed by atoms with Gasteiger partial charge in [-0.05, 0) is 24.0 Å². The van der Waals surface area contributed by atoms with Gasteiger partial charge in [0.25, 0.3) is 0 Å². The largest absolute Gasteiger partial charge is 0.416 e. The molecule has 1 rings (SSSR count). The van der Waals surface area contributed by atoms with Gasteiger partial charge in [-0.2, -0.15) is 13.2 Å².